The average Bonchev–Trinajstić information content (AvgIpc) is 2.00. The lowest BCUT2D eigenvalue weighted by Gasteiger charge is -2.07. The number of carbonyl (C=O) groups is 4. The molecular formula is C11H15O4. The molecule has 0 amide bonds. The molecule has 0 aliphatic rings. The maximum Gasteiger partial charge on any atom is 0.143 e. The Bertz CT molecular complexity index is 291. The fraction of sp³-hybridized carbons (Fsp3) is 0.545. The van der Waals surface area contributed by atoms with Crippen LogP contribution in [0.15, 0.2) is 0 Å². The standard InChI is InChI=1S/C11H15O4/c1-7(11(15)6-9(3)13)4-10(14)5-8(2)12/h7H,1,4-6H2,2-3H3. The average molecular weight is 211 g/mol. The minimum Gasteiger partial charge on any atom is -0.300 e. The van der Waals surface area contributed by atoms with Crippen molar-refractivity contribution in [1.82, 2.24) is 0 Å². The zero-order chi connectivity index (χ0) is 12.0. The maximum atomic E-state index is 11.3. The van der Waals surface area contributed by atoms with Crippen molar-refractivity contribution < 1.29 is 19.2 Å². The third-order valence-electron chi connectivity index (χ3n) is 1.80. The molecule has 4 nitrogen and oxygen atoms in total. The van der Waals surface area contributed by atoms with Crippen LogP contribution < -0.4 is 0 Å². The molecule has 0 aliphatic heterocycles. The van der Waals surface area contributed by atoms with E-state index >= 15 is 0 Å². The van der Waals surface area contributed by atoms with Crippen molar-refractivity contribution in [2.75, 3.05) is 0 Å². The number of hydrogen-bond acceptors (Lipinski definition) is 4. The van der Waals surface area contributed by atoms with Crippen LogP contribution >= 0.6 is 0 Å². The number of ketones is 4. The largest absolute Gasteiger partial charge is 0.300 e. The summed E-state index contributed by atoms with van der Waals surface area (Å²) in [6.07, 6.45) is -0.424. The third-order valence-corrected chi connectivity index (χ3v) is 1.80. The number of rotatable bonds is 7. The number of hydrogen-bond donors (Lipinski definition) is 0. The summed E-state index contributed by atoms with van der Waals surface area (Å²) in [5, 5.41) is 0. The van der Waals surface area contributed by atoms with E-state index in [0.717, 1.165) is 0 Å². The van der Waals surface area contributed by atoms with Gasteiger partial charge in [-0.05, 0) is 20.8 Å². The normalized spacial score (nSPS) is 11.9. The van der Waals surface area contributed by atoms with E-state index in [4.69, 9.17) is 0 Å². The molecule has 0 aromatic carbocycles. The van der Waals surface area contributed by atoms with Crippen molar-refractivity contribution in [3.8, 4) is 0 Å². The zero-order valence-corrected chi connectivity index (χ0v) is 9.04. The lowest BCUT2D eigenvalue weighted by Crippen LogP contribution is -2.19. The molecule has 0 saturated heterocycles. The minimum absolute atomic E-state index is 0.0638. The second-order valence-electron chi connectivity index (χ2n) is 3.66. The molecule has 0 saturated carbocycles. The monoisotopic (exact) mass is 211 g/mol. The fourth-order valence-corrected chi connectivity index (χ4v) is 1.13. The fourth-order valence-electron chi connectivity index (χ4n) is 1.13. The molecule has 83 valence electrons. The van der Waals surface area contributed by atoms with E-state index < -0.39 is 5.92 Å². The summed E-state index contributed by atoms with van der Waals surface area (Å²) >= 11 is 0. The quantitative estimate of drug-likeness (QED) is 0.587. The first-order valence-corrected chi connectivity index (χ1v) is 4.69. The van der Waals surface area contributed by atoms with Gasteiger partial charge in [-0.3, -0.25) is 19.2 Å². The Labute approximate surface area is 89.0 Å². The van der Waals surface area contributed by atoms with Crippen LogP contribution in [0.25, 0.3) is 0 Å². The van der Waals surface area contributed by atoms with Crippen LogP contribution in [0.3, 0.4) is 0 Å². The van der Waals surface area contributed by atoms with Gasteiger partial charge in [0.15, 0.2) is 0 Å². The SMILES string of the molecule is [CH2]C(CC(=O)CC(C)=O)C(=O)CC(C)=O. The second kappa shape index (κ2) is 6.22. The van der Waals surface area contributed by atoms with Crippen LogP contribution in [-0.4, -0.2) is 23.1 Å². The maximum absolute atomic E-state index is 11.3. The van der Waals surface area contributed by atoms with Crippen molar-refractivity contribution in [2.45, 2.75) is 33.1 Å². The van der Waals surface area contributed by atoms with Gasteiger partial charge in [-0.15, -0.1) is 0 Å². The Morgan fingerprint density at radius 3 is 1.87 bits per heavy atom. The molecule has 0 aromatic heterocycles. The van der Waals surface area contributed by atoms with E-state index in [-0.39, 0.29) is 42.4 Å². The Kier molecular flexibility index (Phi) is 5.67. The zero-order valence-electron chi connectivity index (χ0n) is 9.04. The van der Waals surface area contributed by atoms with Gasteiger partial charge < -0.3 is 0 Å². The van der Waals surface area contributed by atoms with Crippen LogP contribution in [0.5, 0.6) is 0 Å². The van der Waals surface area contributed by atoms with E-state index in [9.17, 15) is 19.2 Å². The molecule has 0 rings (SSSR count). The van der Waals surface area contributed by atoms with E-state index in [1.807, 2.05) is 0 Å². The van der Waals surface area contributed by atoms with Gasteiger partial charge in [0, 0.05) is 12.3 Å². The van der Waals surface area contributed by atoms with Crippen molar-refractivity contribution in [1.29, 1.82) is 0 Å². The molecule has 0 spiro atoms. The molecule has 0 heterocycles. The minimum atomic E-state index is -0.722. The summed E-state index contributed by atoms with van der Waals surface area (Å²) < 4.78 is 0. The van der Waals surface area contributed by atoms with Crippen molar-refractivity contribution >= 4 is 23.1 Å². The molecule has 0 fully saturated rings. The summed E-state index contributed by atoms with van der Waals surface area (Å²) in [5.74, 6) is -1.85. The van der Waals surface area contributed by atoms with Gasteiger partial charge in [0.25, 0.3) is 0 Å². The van der Waals surface area contributed by atoms with Crippen LogP contribution in [0.4, 0.5) is 0 Å². The molecule has 0 aromatic rings. The van der Waals surface area contributed by atoms with Crippen LogP contribution in [-0.2, 0) is 19.2 Å². The second-order valence-corrected chi connectivity index (χ2v) is 3.66. The molecule has 15 heavy (non-hydrogen) atoms. The first-order valence-electron chi connectivity index (χ1n) is 4.69. The van der Waals surface area contributed by atoms with Crippen molar-refractivity contribution in [3.05, 3.63) is 6.92 Å². The van der Waals surface area contributed by atoms with E-state index in [0.29, 0.717) is 0 Å². The smallest absolute Gasteiger partial charge is 0.143 e. The van der Waals surface area contributed by atoms with Gasteiger partial charge in [0.05, 0.1) is 12.8 Å². The molecular weight excluding hydrogens is 196 g/mol. The predicted octanol–water partition coefficient (Wildman–Crippen LogP) is 0.923. The molecule has 4 heteroatoms. The van der Waals surface area contributed by atoms with Crippen LogP contribution in [0.2, 0.25) is 0 Å². The Balaban J connectivity index is 4.07. The number of Topliss-reactive ketones (excluding diaryl/α,β-unsaturated/α-hetero) is 4. The van der Waals surface area contributed by atoms with Gasteiger partial charge >= 0.3 is 0 Å². The highest BCUT2D eigenvalue weighted by Crippen LogP contribution is 2.08. The summed E-state index contributed by atoms with van der Waals surface area (Å²) in [6, 6.07) is 0. The van der Waals surface area contributed by atoms with Gasteiger partial charge in [-0.25, -0.2) is 0 Å². The Morgan fingerprint density at radius 2 is 1.47 bits per heavy atom. The number of carbonyl (C=O) groups excluding carboxylic acids is 4. The molecule has 0 N–H and O–H groups in total. The summed E-state index contributed by atoms with van der Waals surface area (Å²) in [4.78, 5) is 43.6. The van der Waals surface area contributed by atoms with Gasteiger partial charge in [0.1, 0.15) is 23.1 Å². The predicted molar refractivity (Wildman–Crippen MR) is 54.1 cm³/mol. The van der Waals surface area contributed by atoms with Gasteiger partial charge in [0.2, 0.25) is 0 Å². The van der Waals surface area contributed by atoms with E-state index in [1.54, 1.807) is 0 Å². The first kappa shape index (κ1) is 13.7. The molecule has 0 bridgehead atoms. The van der Waals surface area contributed by atoms with Crippen LogP contribution in [0.1, 0.15) is 33.1 Å². The highest BCUT2D eigenvalue weighted by atomic mass is 16.2. The summed E-state index contributed by atoms with van der Waals surface area (Å²) in [7, 11) is 0. The molecule has 1 radical (unpaired) electrons. The highest BCUT2D eigenvalue weighted by molar-refractivity contribution is 6.03. The van der Waals surface area contributed by atoms with E-state index in [1.165, 1.54) is 13.8 Å². The first-order chi connectivity index (χ1) is 6.82. The van der Waals surface area contributed by atoms with Gasteiger partial charge in [-0.1, -0.05) is 0 Å². The topological polar surface area (TPSA) is 68.3 Å². The van der Waals surface area contributed by atoms with Crippen LogP contribution in [0, 0.1) is 12.8 Å². The highest BCUT2D eigenvalue weighted by Gasteiger charge is 2.18. The summed E-state index contributed by atoms with van der Waals surface area (Å²) in [5.41, 5.74) is 0. The Morgan fingerprint density at radius 1 is 1.00 bits per heavy atom. The lowest BCUT2D eigenvalue weighted by atomic mass is 9.95. The molecule has 1 unspecified atom stereocenters. The van der Waals surface area contributed by atoms with Gasteiger partial charge in [-0.2, -0.15) is 0 Å². The van der Waals surface area contributed by atoms with Crippen molar-refractivity contribution in [3.63, 3.8) is 0 Å². The van der Waals surface area contributed by atoms with E-state index in [2.05, 4.69) is 6.92 Å². The lowest BCUT2D eigenvalue weighted by molar-refractivity contribution is -0.132. The molecule has 0 aliphatic carbocycles. The summed E-state index contributed by atoms with van der Waals surface area (Å²) in [6.45, 7) is 6.12. The molecule has 1 atom stereocenters. The Hall–Kier alpha value is -1.32. The van der Waals surface area contributed by atoms with Crippen molar-refractivity contribution in [2.24, 2.45) is 5.92 Å². The third kappa shape index (κ3) is 6.71.